The molecule has 2 aliphatic rings. The van der Waals surface area contributed by atoms with E-state index in [0.29, 0.717) is 39.0 Å². The third-order valence-corrected chi connectivity index (χ3v) is 4.98. The average Bonchev–Trinajstić information content (AvgIpc) is 2.36. The molecule has 0 saturated carbocycles. The van der Waals surface area contributed by atoms with Gasteiger partial charge in [-0.3, -0.25) is 4.79 Å². The Labute approximate surface area is 120 Å². The van der Waals surface area contributed by atoms with Gasteiger partial charge in [-0.25, -0.2) is 5.14 Å². The van der Waals surface area contributed by atoms with Gasteiger partial charge in [-0.2, -0.15) is 12.7 Å². The summed E-state index contributed by atoms with van der Waals surface area (Å²) in [6.07, 6.45) is 1.17. The highest BCUT2D eigenvalue weighted by Crippen LogP contribution is 2.22. The van der Waals surface area contributed by atoms with Crippen molar-refractivity contribution < 1.29 is 17.9 Å². The number of piperidine rings is 1. The Balaban J connectivity index is 1.92. The van der Waals surface area contributed by atoms with Gasteiger partial charge in [-0.1, -0.05) is 0 Å². The molecule has 0 aromatic carbocycles. The molecule has 8 heteroatoms. The second-order valence-corrected chi connectivity index (χ2v) is 7.27. The Morgan fingerprint density at radius 1 is 1.15 bits per heavy atom. The Morgan fingerprint density at radius 2 is 1.65 bits per heavy atom. The predicted molar refractivity (Wildman–Crippen MR) is 74.0 cm³/mol. The smallest absolute Gasteiger partial charge is 0.276 e. The minimum absolute atomic E-state index is 0.0483. The molecule has 2 rings (SSSR count). The summed E-state index contributed by atoms with van der Waals surface area (Å²) < 4.78 is 29.3. The molecule has 7 nitrogen and oxygen atoms in total. The molecule has 116 valence electrons. The molecule has 0 aromatic heterocycles. The number of carbonyl (C=O) groups is 1. The number of nitrogens with zero attached hydrogens (tertiary/aromatic N) is 2. The van der Waals surface area contributed by atoms with E-state index >= 15 is 0 Å². The van der Waals surface area contributed by atoms with E-state index in [-0.39, 0.29) is 24.0 Å². The maximum atomic E-state index is 12.5. The maximum absolute atomic E-state index is 12.5. The summed E-state index contributed by atoms with van der Waals surface area (Å²) in [6.45, 7) is 5.78. The molecule has 0 radical (unpaired) electrons. The predicted octanol–water partition coefficient (Wildman–Crippen LogP) is -0.462. The number of rotatable bonds is 2. The van der Waals surface area contributed by atoms with Crippen molar-refractivity contribution in [3.63, 3.8) is 0 Å². The second kappa shape index (κ2) is 5.97. The Bertz CT molecular complexity index is 449. The number of hydrogen-bond donors (Lipinski definition) is 1. The van der Waals surface area contributed by atoms with E-state index in [4.69, 9.17) is 9.88 Å². The van der Waals surface area contributed by atoms with Crippen LogP contribution >= 0.6 is 0 Å². The van der Waals surface area contributed by atoms with E-state index in [0.717, 1.165) is 0 Å². The van der Waals surface area contributed by atoms with Crippen LogP contribution in [0.5, 0.6) is 0 Å². The van der Waals surface area contributed by atoms with E-state index < -0.39 is 10.2 Å². The van der Waals surface area contributed by atoms with Crippen LogP contribution in [-0.4, -0.2) is 61.9 Å². The molecule has 2 N–H and O–H groups in total. The largest absolute Gasteiger partial charge is 0.372 e. The number of ether oxygens (including phenoxy) is 1. The van der Waals surface area contributed by atoms with Gasteiger partial charge < -0.3 is 9.64 Å². The zero-order chi connectivity index (χ0) is 14.9. The molecule has 0 bridgehead atoms. The van der Waals surface area contributed by atoms with Crippen LogP contribution in [0.25, 0.3) is 0 Å². The van der Waals surface area contributed by atoms with Gasteiger partial charge in [-0.15, -0.1) is 0 Å². The molecule has 2 saturated heterocycles. The number of carbonyl (C=O) groups excluding carboxylic acids is 1. The van der Waals surface area contributed by atoms with Gasteiger partial charge in [0.1, 0.15) is 0 Å². The summed E-state index contributed by atoms with van der Waals surface area (Å²) >= 11 is 0. The van der Waals surface area contributed by atoms with Crippen molar-refractivity contribution in [3.05, 3.63) is 0 Å². The molecular formula is C12H23N3O4S. The summed E-state index contributed by atoms with van der Waals surface area (Å²) in [5, 5.41) is 5.10. The van der Waals surface area contributed by atoms with Crippen LogP contribution in [0, 0.1) is 5.92 Å². The Kier molecular flexibility index (Phi) is 4.68. The summed E-state index contributed by atoms with van der Waals surface area (Å²) in [5.41, 5.74) is 0. The first-order chi connectivity index (χ1) is 9.27. The minimum atomic E-state index is -3.63. The fourth-order valence-corrected chi connectivity index (χ4v) is 3.69. The van der Waals surface area contributed by atoms with Gasteiger partial charge in [-0.05, 0) is 26.7 Å². The van der Waals surface area contributed by atoms with E-state index in [2.05, 4.69) is 0 Å². The highest BCUT2D eigenvalue weighted by atomic mass is 32.2. The van der Waals surface area contributed by atoms with E-state index in [9.17, 15) is 13.2 Å². The highest BCUT2D eigenvalue weighted by molar-refractivity contribution is 7.86. The van der Waals surface area contributed by atoms with Crippen LogP contribution in [0.15, 0.2) is 0 Å². The van der Waals surface area contributed by atoms with Crippen molar-refractivity contribution in [1.82, 2.24) is 9.21 Å². The summed E-state index contributed by atoms with van der Waals surface area (Å²) in [5.74, 6) is 0.00608. The second-order valence-electron chi connectivity index (χ2n) is 5.72. The Hall–Kier alpha value is -0.700. The zero-order valence-electron chi connectivity index (χ0n) is 12.0. The van der Waals surface area contributed by atoms with Crippen LogP contribution in [0.1, 0.15) is 26.7 Å². The monoisotopic (exact) mass is 305 g/mol. The zero-order valence-corrected chi connectivity index (χ0v) is 12.8. The number of nitrogens with two attached hydrogens (primary N) is 1. The summed E-state index contributed by atoms with van der Waals surface area (Å²) in [7, 11) is -3.63. The average molecular weight is 305 g/mol. The van der Waals surface area contributed by atoms with Gasteiger partial charge >= 0.3 is 0 Å². The van der Waals surface area contributed by atoms with E-state index in [1.54, 1.807) is 0 Å². The fraction of sp³-hybridized carbons (Fsp3) is 0.917. The third-order valence-electron chi connectivity index (χ3n) is 3.89. The van der Waals surface area contributed by atoms with E-state index in [1.165, 1.54) is 4.31 Å². The molecular weight excluding hydrogens is 282 g/mol. The van der Waals surface area contributed by atoms with Gasteiger partial charge in [0.05, 0.1) is 12.2 Å². The summed E-state index contributed by atoms with van der Waals surface area (Å²) in [6, 6.07) is 0. The van der Waals surface area contributed by atoms with Crippen LogP contribution in [0.3, 0.4) is 0 Å². The van der Waals surface area contributed by atoms with Crippen LogP contribution in [0.4, 0.5) is 0 Å². The molecule has 2 atom stereocenters. The molecule has 2 aliphatic heterocycles. The van der Waals surface area contributed by atoms with Gasteiger partial charge in [0.15, 0.2) is 0 Å². The van der Waals surface area contributed by atoms with Gasteiger partial charge in [0.25, 0.3) is 10.2 Å². The van der Waals surface area contributed by atoms with Crippen LogP contribution in [0.2, 0.25) is 0 Å². The number of amides is 1. The maximum Gasteiger partial charge on any atom is 0.276 e. The molecule has 2 fully saturated rings. The first-order valence-corrected chi connectivity index (χ1v) is 8.50. The number of hydrogen-bond acceptors (Lipinski definition) is 4. The standard InChI is InChI=1S/C12H23N3O4S/c1-9-7-14(8-10(2)19-9)12(16)11-3-5-15(6-4-11)20(13,17)18/h9-11H,3-8H2,1-2H3,(H2,13,17,18). The van der Waals surface area contributed by atoms with E-state index in [1.807, 2.05) is 18.7 Å². The quantitative estimate of drug-likeness (QED) is 0.747. The lowest BCUT2D eigenvalue weighted by atomic mass is 9.96. The normalized spacial score (nSPS) is 30.4. The first-order valence-electron chi connectivity index (χ1n) is 6.99. The van der Waals surface area contributed by atoms with Crippen molar-refractivity contribution in [2.24, 2.45) is 11.1 Å². The minimum Gasteiger partial charge on any atom is -0.372 e. The lowest BCUT2D eigenvalue weighted by Gasteiger charge is -2.38. The van der Waals surface area contributed by atoms with Crippen molar-refractivity contribution in [2.45, 2.75) is 38.9 Å². The molecule has 2 unspecified atom stereocenters. The molecule has 1 amide bonds. The topological polar surface area (TPSA) is 92.9 Å². The molecule has 2 heterocycles. The van der Waals surface area contributed by atoms with Gasteiger partial charge in [0.2, 0.25) is 5.91 Å². The SMILES string of the molecule is CC1CN(C(=O)C2CCN(S(N)(=O)=O)CC2)CC(C)O1. The lowest BCUT2D eigenvalue weighted by molar-refractivity contribution is -0.148. The van der Waals surface area contributed by atoms with Crippen molar-refractivity contribution in [1.29, 1.82) is 0 Å². The summed E-state index contributed by atoms with van der Waals surface area (Å²) in [4.78, 5) is 14.3. The van der Waals surface area contributed by atoms with Crippen LogP contribution < -0.4 is 5.14 Å². The van der Waals surface area contributed by atoms with Gasteiger partial charge in [0, 0.05) is 32.1 Å². The fourth-order valence-electron chi connectivity index (χ4n) is 2.97. The number of morpholine rings is 1. The molecule has 0 aromatic rings. The van der Waals surface area contributed by atoms with Crippen LogP contribution in [-0.2, 0) is 19.7 Å². The molecule has 0 spiro atoms. The third kappa shape index (κ3) is 3.69. The molecule has 20 heavy (non-hydrogen) atoms. The lowest BCUT2D eigenvalue weighted by Crippen LogP contribution is -2.52. The first kappa shape index (κ1) is 15.7. The Morgan fingerprint density at radius 3 is 2.10 bits per heavy atom. The van der Waals surface area contributed by atoms with Crippen molar-refractivity contribution in [3.8, 4) is 0 Å². The highest BCUT2D eigenvalue weighted by Gasteiger charge is 2.34. The van der Waals surface area contributed by atoms with Crippen molar-refractivity contribution in [2.75, 3.05) is 26.2 Å². The van der Waals surface area contributed by atoms with Crippen molar-refractivity contribution >= 4 is 16.1 Å². The molecule has 0 aliphatic carbocycles.